The van der Waals surface area contributed by atoms with Crippen molar-refractivity contribution in [3.63, 3.8) is 0 Å². The number of halogens is 1. The molecule has 3 rings (SSSR count). The van der Waals surface area contributed by atoms with E-state index in [9.17, 15) is 9.18 Å². The van der Waals surface area contributed by atoms with Crippen LogP contribution in [-0.2, 0) is 15.1 Å². The molecule has 0 atom stereocenters. The van der Waals surface area contributed by atoms with Gasteiger partial charge in [-0.3, -0.25) is 4.79 Å². The number of hydrogen-bond donors (Lipinski definition) is 0. The maximum absolute atomic E-state index is 14.8. The van der Waals surface area contributed by atoms with E-state index in [1.54, 1.807) is 12.1 Å². The van der Waals surface area contributed by atoms with Crippen LogP contribution in [-0.4, -0.2) is 5.97 Å². The Labute approximate surface area is 128 Å². The first-order valence-corrected chi connectivity index (χ1v) is 7.21. The Morgan fingerprint density at radius 1 is 0.909 bits per heavy atom. The average molecular weight is 296 g/mol. The van der Waals surface area contributed by atoms with Crippen molar-refractivity contribution < 1.29 is 13.9 Å². The lowest BCUT2D eigenvalue weighted by atomic mass is 9.87. The van der Waals surface area contributed by atoms with E-state index in [0.29, 0.717) is 10.8 Å². The highest BCUT2D eigenvalue weighted by Gasteiger charge is 2.29. The summed E-state index contributed by atoms with van der Waals surface area (Å²) in [7, 11) is 0. The van der Waals surface area contributed by atoms with Gasteiger partial charge < -0.3 is 4.74 Å². The number of carbonyl (C=O) groups excluding carboxylic acids is 1. The Morgan fingerprint density at radius 3 is 1.73 bits per heavy atom. The molecule has 0 aliphatic heterocycles. The fraction of sp³-hybridized carbons (Fsp3) is 0.211. The normalized spacial score (nSPS) is 11.8. The van der Waals surface area contributed by atoms with Gasteiger partial charge in [-0.25, -0.2) is 4.39 Å². The second kappa shape index (κ2) is 5.09. The highest BCUT2D eigenvalue weighted by atomic mass is 19.1. The van der Waals surface area contributed by atoms with E-state index in [1.807, 2.05) is 50.2 Å². The molecule has 3 heteroatoms. The number of benzene rings is 3. The van der Waals surface area contributed by atoms with E-state index in [0.717, 1.165) is 16.3 Å². The van der Waals surface area contributed by atoms with Gasteiger partial charge >= 0.3 is 5.97 Å². The van der Waals surface area contributed by atoms with Crippen molar-refractivity contribution >= 4 is 27.5 Å². The molecule has 2 nitrogen and oxygen atoms in total. The molecule has 0 aromatic heterocycles. The molecule has 0 N–H and O–H groups in total. The second-order valence-electron chi connectivity index (χ2n) is 5.88. The lowest BCUT2D eigenvalue weighted by molar-refractivity contribution is -0.154. The van der Waals surface area contributed by atoms with Gasteiger partial charge in [0.2, 0.25) is 0 Å². The van der Waals surface area contributed by atoms with Gasteiger partial charge in [0.1, 0.15) is 11.4 Å². The maximum atomic E-state index is 14.8. The molecular weight excluding hydrogens is 279 g/mol. The van der Waals surface area contributed by atoms with Crippen LogP contribution in [0.1, 0.15) is 26.3 Å². The van der Waals surface area contributed by atoms with Gasteiger partial charge in [0, 0.05) is 23.3 Å². The van der Waals surface area contributed by atoms with Crippen molar-refractivity contribution in [2.24, 2.45) is 0 Å². The third-order valence-electron chi connectivity index (χ3n) is 3.87. The van der Waals surface area contributed by atoms with Gasteiger partial charge in [-0.15, -0.1) is 0 Å². The zero-order valence-corrected chi connectivity index (χ0v) is 12.8. The fourth-order valence-corrected chi connectivity index (χ4v) is 3.13. The van der Waals surface area contributed by atoms with Crippen molar-refractivity contribution in [1.82, 2.24) is 0 Å². The maximum Gasteiger partial charge on any atom is 0.303 e. The van der Waals surface area contributed by atoms with Crippen molar-refractivity contribution in [3.8, 4) is 0 Å². The van der Waals surface area contributed by atoms with Crippen LogP contribution in [0.15, 0.2) is 48.5 Å². The Morgan fingerprint density at radius 2 is 1.32 bits per heavy atom. The number of esters is 1. The van der Waals surface area contributed by atoms with E-state index in [2.05, 4.69) is 0 Å². The van der Waals surface area contributed by atoms with Crippen molar-refractivity contribution in [2.75, 3.05) is 0 Å². The number of ether oxygens (including phenoxy) is 1. The van der Waals surface area contributed by atoms with Gasteiger partial charge in [-0.2, -0.15) is 0 Å². The summed E-state index contributed by atoms with van der Waals surface area (Å²) < 4.78 is 20.3. The van der Waals surface area contributed by atoms with Crippen LogP contribution >= 0.6 is 0 Å². The molecule has 0 saturated carbocycles. The van der Waals surface area contributed by atoms with Crippen molar-refractivity contribution in [2.45, 2.75) is 26.4 Å². The quantitative estimate of drug-likeness (QED) is 0.495. The van der Waals surface area contributed by atoms with Crippen LogP contribution in [0.4, 0.5) is 4.39 Å². The monoisotopic (exact) mass is 296 g/mol. The lowest BCUT2D eigenvalue weighted by Crippen LogP contribution is -2.25. The van der Waals surface area contributed by atoms with Crippen LogP contribution in [0.5, 0.6) is 0 Å². The number of fused-ring (bicyclic) bond motifs is 2. The topological polar surface area (TPSA) is 26.3 Å². The van der Waals surface area contributed by atoms with Crippen molar-refractivity contribution in [3.05, 3.63) is 59.9 Å². The van der Waals surface area contributed by atoms with Gasteiger partial charge in [0.15, 0.2) is 0 Å². The van der Waals surface area contributed by atoms with E-state index in [-0.39, 0.29) is 11.8 Å². The standard InChI is InChI=1S/C19H17FO2/c1-12(21)22-19(2,3)17-13-8-4-6-10-15(13)18(20)16-11-7-5-9-14(16)17/h4-11H,1-3H3. The first-order chi connectivity index (χ1) is 10.4. The minimum Gasteiger partial charge on any atom is -0.455 e. The summed E-state index contributed by atoms with van der Waals surface area (Å²) >= 11 is 0. The summed E-state index contributed by atoms with van der Waals surface area (Å²) in [6.07, 6.45) is 0. The predicted octanol–water partition coefficient (Wildman–Crippen LogP) is 4.93. The number of rotatable bonds is 2. The summed E-state index contributed by atoms with van der Waals surface area (Å²) in [5, 5.41) is 2.61. The molecule has 0 fully saturated rings. The Bertz CT molecular complexity index is 824. The van der Waals surface area contributed by atoms with Crippen LogP contribution < -0.4 is 0 Å². The third kappa shape index (κ3) is 2.23. The van der Waals surface area contributed by atoms with Crippen LogP contribution in [0.3, 0.4) is 0 Å². The molecule has 0 heterocycles. The molecule has 0 aliphatic carbocycles. The molecule has 0 saturated heterocycles. The fourth-order valence-electron chi connectivity index (χ4n) is 3.13. The number of carbonyl (C=O) groups is 1. The molecule has 0 unspecified atom stereocenters. The zero-order chi connectivity index (χ0) is 15.9. The second-order valence-corrected chi connectivity index (χ2v) is 5.88. The Kier molecular flexibility index (Phi) is 3.36. The van der Waals surface area contributed by atoms with E-state index in [1.165, 1.54) is 6.92 Å². The van der Waals surface area contributed by atoms with Crippen LogP contribution in [0.2, 0.25) is 0 Å². The molecule has 0 bridgehead atoms. The number of hydrogen-bond acceptors (Lipinski definition) is 2. The highest BCUT2D eigenvalue weighted by molar-refractivity contribution is 6.03. The molecule has 0 spiro atoms. The largest absolute Gasteiger partial charge is 0.455 e. The molecule has 0 amide bonds. The van der Waals surface area contributed by atoms with Crippen LogP contribution in [0, 0.1) is 5.82 Å². The smallest absolute Gasteiger partial charge is 0.303 e. The van der Waals surface area contributed by atoms with Gasteiger partial charge in [0.05, 0.1) is 0 Å². The van der Waals surface area contributed by atoms with E-state index in [4.69, 9.17) is 4.74 Å². The van der Waals surface area contributed by atoms with Crippen LogP contribution in [0.25, 0.3) is 21.5 Å². The molecule has 3 aromatic rings. The summed E-state index contributed by atoms with van der Waals surface area (Å²) in [6, 6.07) is 14.6. The Hall–Kier alpha value is -2.42. The summed E-state index contributed by atoms with van der Waals surface area (Å²) in [4.78, 5) is 11.5. The molecule has 0 aliphatic rings. The van der Waals surface area contributed by atoms with Gasteiger partial charge in [-0.1, -0.05) is 48.5 Å². The summed E-state index contributed by atoms with van der Waals surface area (Å²) in [5.74, 6) is -0.601. The minimum atomic E-state index is -0.848. The third-order valence-corrected chi connectivity index (χ3v) is 3.87. The highest BCUT2D eigenvalue weighted by Crippen LogP contribution is 2.39. The summed E-state index contributed by atoms with van der Waals surface area (Å²) in [6.45, 7) is 5.05. The summed E-state index contributed by atoms with van der Waals surface area (Å²) in [5.41, 5.74) is -0.0195. The van der Waals surface area contributed by atoms with E-state index >= 15 is 0 Å². The minimum absolute atomic E-state index is 0.242. The SMILES string of the molecule is CC(=O)OC(C)(C)c1c2ccccc2c(F)c2ccccc12. The van der Waals surface area contributed by atoms with Crippen molar-refractivity contribution in [1.29, 1.82) is 0 Å². The predicted molar refractivity (Wildman–Crippen MR) is 86.2 cm³/mol. The molecule has 112 valence electrons. The molecule has 0 radical (unpaired) electrons. The zero-order valence-electron chi connectivity index (χ0n) is 12.8. The van der Waals surface area contributed by atoms with Gasteiger partial charge in [0.25, 0.3) is 0 Å². The van der Waals surface area contributed by atoms with Gasteiger partial charge in [-0.05, 0) is 24.6 Å². The molecule has 3 aromatic carbocycles. The molecular formula is C19H17FO2. The average Bonchev–Trinajstić information content (AvgIpc) is 2.46. The first-order valence-electron chi connectivity index (χ1n) is 7.21. The Balaban J connectivity index is 2.49. The molecule has 22 heavy (non-hydrogen) atoms. The van der Waals surface area contributed by atoms with E-state index < -0.39 is 5.60 Å². The lowest BCUT2D eigenvalue weighted by Gasteiger charge is -2.28. The first kappa shape index (κ1) is 14.5.